The Labute approximate surface area is 88.7 Å². The Morgan fingerprint density at radius 3 is 2.27 bits per heavy atom. The molecule has 0 bridgehead atoms. The van der Waals surface area contributed by atoms with E-state index in [1.165, 1.54) is 12.6 Å². The van der Waals surface area contributed by atoms with Crippen molar-refractivity contribution in [3.63, 3.8) is 0 Å². The van der Waals surface area contributed by atoms with Gasteiger partial charge in [-0.25, -0.2) is 4.39 Å². The minimum absolute atomic E-state index is 0.208. The van der Waals surface area contributed by atoms with Gasteiger partial charge in [-0.3, -0.25) is 0 Å². The maximum Gasteiger partial charge on any atom is 0.141 e. The molecule has 1 saturated heterocycles. The normalized spacial score (nSPS) is 16.5. The Bertz CT molecular complexity index is 335. The first-order valence-electron chi connectivity index (χ1n) is 4.89. The van der Waals surface area contributed by atoms with E-state index in [4.69, 9.17) is 10.5 Å². The number of rotatable bonds is 2. The standard InChI is InChI=1S/C11H12FN3/c12-11(6-10(7-13)8-14)9-15-4-2-1-3-5-15/h6,9H,1-5H2/b11-9+. The van der Waals surface area contributed by atoms with Gasteiger partial charge in [0.25, 0.3) is 0 Å². The first-order chi connectivity index (χ1) is 7.26. The molecule has 0 aromatic heterocycles. The Morgan fingerprint density at radius 1 is 1.13 bits per heavy atom. The molecule has 0 aliphatic carbocycles. The molecule has 0 spiro atoms. The lowest BCUT2D eigenvalue weighted by molar-refractivity contribution is 0.303. The Morgan fingerprint density at radius 2 is 1.73 bits per heavy atom. The summed E-state index contributed by atoms with van der Waals surface area (Å²) in [7, 11) is 0. The van der Waals surface area contributed by atoms with Gasteiger partial charge in [-0.1, -0.05) is 0 Å². The summed E-state index contributed by atoms with van der Waals surface area (Å²) in [6.45, 7) is 1.69. The van der Waals surface area contributed by atoms with Gasteiger partial charge in [0.2, 0.25) is 0 Å². The summed E-state index contributed by atoms with van der Waals surface area (Å²) in [5.74, 6) is -0.532. The largest absolute Gasteiger partial charge is 0.375 e. The maximum atomic E-state index is 13.3. The first kappa shape index (κ1) is 11.3. The van der Waals surface area contributed by atoms with Crippen LogP contribution in [0.5, 0.6) is 0 Å². The van der Waals surface area contributed by atoms with Crippen molar-refractivity contribution in [1.29, 1.82) is 10.5 Å². The predicted molar refractivity (Wildman–Crippen MR) is 53.9 cm³/mol. The summed E-state index contributed by atoms with van der Waals surface area (Å²) in [5, 5.41) is 16.9. The molecule has 78 valence electrons. The highest BCUT2D eigenvalue weighted by molar-refractivity contribution is 5.39. The van der Waals surface area contributed by atoms with Crippen LogP contribution in [0.4, 0.5) is 4.39 Å². The first-order valence-corrected chi connectivity index (χ1v) is 4.89. The van der Waals surface area contributed by atoms with E-state index < -0.39 is 5.83 Å². The smallest absolute Gasteiger partial charge is 0.141 e. The molecule has 0 unspecified atom stereocenters. The molecule has 0 saturated carbocycles. The molecule has 1 aliphatic heterocycles. The third-order valence-corrected chi connectivity index (χ3v) is 2.22. The van der Waals surface area contributed by atoms with Crippen molar-refractivity contribution in [1.82, 2.24) is 4.90 Å². The van der Waals surface area contributed by atoms with Crippen LogP contribution in [0.1, 0.15) is 19.3 Å². The summed E-state index contributed by atoms with van der Waals surface area (Å²) in [6, 6.07) is 3.24. The average Bonchev–Trinajstić information content (AvgIpc) is 2.27. The maximum absolute atomic E-state index is 13.3. The highest BCUT2D eigenvalue weighted by atomic mass is 19.1. The third-order valence-electron chi connectivity index (χ3n) is 2.22. The van der Waals surface area contributed by atoms with Gasteiger partial charge >= 0.3 is 0 Å². The van der Waals surface area contributed by atoms with Crippen molar-refractivity contribution in [2.24, 2.45) is 0 Å². The summed E-state index contributed by atoms with van der Waals surface area (Å²) < 4.78 is 13.3. The number of hydrogen-bond donors (Lipinski definition) is 0. The second-order valence-corrected chi connectivity index (χ2v) is 3.39. The Balaban J connectivity index is 2.63. The molecule has 0 amide bonds. The van der Waals surface area contributed by atoms with Crippen LogP contribution in [0.3, 0.4) is 0 Å². The molecule has 1 heterocycles. The second kappa shape index (κ2) is 5.82. The molecule has 4 heteroatoms. The monoisotopic (exact) mass is 205 g/mol. The van der Waals surface area contributed by atoms with Crippen molar-refractivity contribution in [3.8, 4) is 12.1 Å². The minimum Gasteiger partial charge on any atom is -0.375 e. The second-order valence-electron chi connectivity index (χ2n) is 3.39. The number of piperidine rings is 1. The van der Waals surface area contributed by atoms with Crippen LogP contribution >= 0.6 is 0 Å². The van der Waals surface area contributed by atoms with Gasteiger partial charge < -0.3 is 4.90 Å². The molecule has 0 radical (unpaired) electrons. The minimum atomic E-state index is -0.532. The van der Waals surface area contributed by atoms with E-state index in [-0.39, 0.29) is 5.57 Å². The van der Waals surface area contributed by atoms with Gasteiger partial charge in [-0.15, -0.1) is 0 Å². The number of nitriles is 2. The van der Waals surface area contributed by atoms with Crippen molar-refractivity contribution < 1.29 is 4.39 Å². The highest BCUT2D eigenvalue weighted by Crippen LogP contribution is 2.12. The highest BCUT2D eigenvalue weighted by Gasteiger charge is 2.07. The zero-order valence-corrected chi connectivity index (χ0v) is 8.41. The van der Waals surface area contributed by atoms with Crippen molar-refractivity contribution in [3.05, 3.63) is 23.7 Å². The molecule has 15 heavy (non-hydrogen) atoms. The zero-order chi connectivity index (χ0) is 11.1. The van der Waals surface area contributed by atoms with Gasteiger partial charge in [0.05, 0.1) is 0 Å². The van der Waals surface area contributed by atoms with Gasteiger partial charge in [0.1, 0.15) is 23.5 Å². The molecule has 0 atom stereocenters. The summed E-state index contributed by atoms with van der Waals surface area (Å²) >= 11 is 0. The molecule has 0 aromatic carbocycles. The van der Waals surface area contributed by atoms with Crippen LogP contribution in [0.15, 0.2) is 23.7 Å². The number of allylic oxidation sites excluding steroid dienone is 3. The van der Waals surface area contributed by atoms with E-state index in [1.54, 1.807) is 12.1 Å². The lowest BCUT2D eigenvalue weighted by Crippen LogP contribution is -2.24. The summed E-state index contributed by atoms with van der Waals surface area (Å²) in [5.41, 5.74) is -0.208. The number of halogens is 1. The molecular weight excluding hydrogens is 193 g/mol. The van der Waals surface area contributed by atoms with E-state index in [2.05, 4.69) is 0 Å². The lowest BCUT2D eigenvalue weighted by Gasteiger charge is -2.24. The van der Waals surface area contributed by atoms with E-state index in [0.29, 0.717) is 0 Å². The van der Waals surface area contributed by atoms with Crippen molar-refractivity contribution in [2.45, 2.75) is 19.3 Å². The van der Waals surface area contributed by atoms with Gasteiger partial charge in [-0.05, 0) is 19.3 Å². The van der Waals surface area contributed by atoms with Crippen LogP contribution in [0, 0.1) is 22.7 Å². The fraction of sp³-hybridized carbons (Fsp3) is 0.455. The van der Waals surface area contributed by atoms with E-state index >= 15 is 0 Å². The van der Waals surface area contributed by atoms with Crippen molar-refractivity contribution in [2.75, 3.05) is 13.1 Å². The molecule has 1 rings (SSSR count). The molecule has 1 aliphatic rings. The van der Waals surface area contributed by atoms with Crippen LogP contribution in [0.25, 0.3) is 0 Å². The van der Waals surface area contributed by atoms with E-state index in [1.807, 2.05) is 4.90 Å². The molecule has 0 aromatic rings. The van der Waals surface area contributed by atoms with E-state index in [0.717, 1.165) is 32.0 Å². The summed E-state index contributed by atoms with van der Waals surface area (Å²) in [6.07, 6.45) is 5.65. The Kier molecular flexibility index (Phi) is 4.37. The van der Waals surface area contributed by atoms with Gasteiger partial charge in [0.15, 0.2) is 0 Å². The quantitative estimate of drug-likeness (QED) is 0.513. The topological polar surface area (TPSA) is 50.8 Å². The fourth-order valence-corrected chi connectivity index (χ4v) is 1.49. The van der Waals surface area contributed by atoms with Crippen LogP contribution < -0.4 is 0 Å². The zero-order valence-electron chi connectivity index (χ0n) is 8.41. The molecule has 0 N–H and O–H groups in total. The number of hydrogen-bond acceptors (Lipinski definition) is 3. The van der Waals surface area contributed by atoms with Crippen LogP contribution in [-0.4, -0.2) is 18.0 Å². The molecular formula is C11H12FN3. The predicted octanol–water partition coefficient (Wildman–Crippen LogP) is 2.26. The van der Waals surface area contributed by atoms with Crippen LogP contribution in [-0.2, 0) is 0 Å². The lowest BCUT2D eigenvalue weighted by atomic mass is 10.1. The fourth-order valence-electron chi connectivity index (χ4n) is 1.49. The van der Waals surface area contributed by atoms with Crippen LogP contribution in [0.2, 0.25) is 0 Å². The molecule has 3 nitrogen and oxygen atoms in total. The van der Waals surface area contributed by atoms with E-state index in [9.17, 15) is 4.39 Å². The SMILES string of the molecule is N#CC(C#N)=C/C(F)=C\N1CCCCC1. The summed E-state index contributed by atoms with van der Waals surface area (Å²) in [4.78, 5) is 1.88. The number of likely N-dealkylation sites (tertiary alicyclic amines) is 1. The van der Waals surface area contributed by atoms with Gasteiger partial charge in [-0.2, -0.15) is 10.5 Å². The average molecular weight is 205 g/mol. The molecule has 1 fully saturated rings. The third kappa shape index (κ3) is 3.83. The Hall–Kier alpha value is -1.81. The van der Waals surface area contributed by atoms with Crippen molar-refractivity contribution >= 4 is 0 Å². The number of nitrogens with zero attached hydrogens (tertiary/aromatic N) is 3. The van der Waals surface area contributed by atoms with Gasteiger partial charge in [0, 0.05) is 25.4 Å².